The van der Waals surface area contributed by atoms with Crippen molar-refractivity contribution in [2.24, 2.45) is 11.7 Å². The maximum absolute atomic E-state index is 5.74. The van der Waals surface area contributed by atoms with Crippen LogP contribution in [0.5, 0.6) is 0 Å². The third kappa shape index (κ3) is 2.35. The summed E-state index contributed by atoms with van der Waals surface area (Å²) in [6.07, 6.45) is 7.68. The van der Waals surface area contributed by atoms with Gasteiger partial charge in [-0.3, -0.25) is 4.98 Å². The van der Waals surface area contributed by atoms with E-state index < -0.39 is 0 Å². The lowest BCUT2D eigenvalue weighted by Gasteiger charge is -2.34. The first-order valence-electron chi connectivity index (χ1n) is 6.23. The molecular weight excluding hydrogens is 198 g/mol. The highest BCUT2D eigenvalue weighted by atomic mass is 15.1. The zero-order valence-corrected chi connectivity index (χ0v) is 10.0. The van der Waals surface area contributed by atoms with E-state index in [0.717, 1.165) is 24.6 Å². The molecule has 1 fully saturated rings. The van der Waals surface area contributed by atoms with E-state index in [-0.39, 0.29) is 0 Å². The minimum absolute atomic E-state index is 0.580. The molecule has 1 saturated heterocycles. The molecule has 0 radical (unpaired) electrons. The molecule has 3 heteroatoms. The van der Waals surface area contributed by atoms with Gasteiger partial charge in [-0.05, 0) is 24.8 Å². The van der Waals surface area contributed by atoms with Gasteiger partial charge in [0.1, 0.15) is 0 Å². The zero-order valence-electron chi connectivity index (χ0n) is 10.0. The molecule has 0 spiro atoms. The number of nitrogens with two attached hydrogens (primary N) is 1. The monoisotopic (exact) mass is 219 g/mol. The Kier molecular flexibility index (Phi) is 3.78. The van der Waals surface area contributed by atoms with Crippen LogP contribution in [0.2, 0.25) is 0 Å². The van der Waals surface area contributed by atoms with Crippen LogP contribution in [0.1, 0.15) is 31.7 Å². The number of anilines is 1. The summed E-state index contributed by atoms with van der Waals surface area (Å²) in [5.41, 5.74) is 8.19. The second-order valence-electron chi connectivity index (χ2n) is 4.55. The minimum Gasteiger partial charge on any atom is -0.371 e. The molecule has 0 bridgehead atoms. The van der Waals surface area contributed by atoms with Crippen molar-refractivity contribution in [1.29, 1.82) is 0 Å². The van der Waals surface area contributed by atoms with Crippen molar-refractivity contribution in [3.05, 3.63) is 24.0 Å². The zero-order chi connectivity index (χ0) is 11.4. The molecule has 1 aliphatic rings. The average Bonchev–Trinajstić information content (AvgIpc) is 2.39. The van der Waals surface area contributed by atoms with Gasteiger partial charge < -0.3 is 10.6 Å². The first kappa shape index (κ1) is 11.4. The minimum atomic E-state index is 0.580. The summed E-state index contributed by atoms with van der Waals surface area (Å²) in [5.74, 6) is 0.916. The first-order valence-corrected chi connectivity index (χ1v) is 6.23. The van der Waals surface area contributed by atoms with Gasteiger partial charge in [-0.15, -0.1) is 0 Å². The molecule has 2 rings (SSSR count). The van der Waals surface area contributed by atoms with Crippen molar-refractivity contribution < 1.29 is 0 Å². The van der Waals surface area contributed by atoms with Gasteiger partial charge in [0.05, 0.1) is 0 Å². The lowest BCUT2D eigenvalue weighted by molar-refractivity contribution is 0.394. The van der Waals surface area contributed by atoms with E-state index >= 15 is 0 Å². The SMILES string of the molecule is CCC1CCN(c2ccncc2CN)CC1. The number of hydrogen-bond donors (Lipinski definition) is 1. The lowest BCUT2D eigenvalue weighted by Crippen LogP contribution is -2.34. The molecule has 1 aliphatic heterocycles. The molecule has 16 heavy (non-hydrogen) atoms. The largest absolute Gasteiger partial charge is 0.371 e. The smallest absolute Gasteiger partial charge is 0.0442 e. The van der Waals surface area contributed by atoms with Crippen LogP contribution in [0.15, 0.2) is 18.5 Å². The van der Waals surface area contributed by atoms with E-state index in [9.17, 15) is 0 Å². The maximum atomic E-state index is 5.74. The Labute approximate surface area is 97.7 Å². The summed E-state index contributed by atoms with van der Waals surface area (Å²) in [5, 5.41) is 0. The number of rotatable bonds is 3. The van der Waals surface area contributed by atoms with Gasteiger partial charge in [0.2, 0.25) is 0 Å². The van der Waals surface area contributed by atoms with Crippen LogP contribution >= 0.6 is 0 Å². The highest BCUT2D eigenvalue weighted by Gasteiger charge is 2.19. The molecule has 2 N–H and O–H groups in total. The summed E-state index contributed by atoms with van der Waals surface area (Å²) in [4.78, 5) is 6.59. The van der Waals surface area contributed by atoms with E-state index in [1.807, 2.05) is 12.4 Å². The Bertz CT molecular complexity index is 330. The molecule has 1 aromatic rings. The normalized spacial score (nSPS) is 17.8. The molecule has 1 aromatic heterocycles. The number of aromatic nitrogens is 1. The summed E-state index contributed by atoms with van der Waals surface area (Å²) in [6, 6.07) is 2.09. The third-order valence-electron chi connectivity index (χ3n) is 3.63. The molecule has 3 nitrogen and oxygen atoms in total. The topological polar surface area (TPSA) is 42.2 Å². The fraction of sp³-hybridized carbons (Fsp3) is 0.615. The molecule has 0 atom stereocenters. The number of nitrogens with zero attached hydrogens (tertiary/aromatic N) is 2. The Hall–Kier alpha value is -1.09. The maximum Gasteiger partial charge on any atom is 0.0442 e. The van der Waals surface area contributed by atoms with Crippen molar-refractivity contribution in [3.8, 4) is 0 Å². The Morgan fingerprint density at radius 3 is 2.81 bits per heavy atom. The van der Waals surface area contributed by atoms with E-state index in [0.29, 0.717) is 6.54 Å². The van der Waals surface area contributed by atoms with Gasteiger partial charge in [0.25, 0.3) is 0 Å². The average molecular weight is 219 g/mol. The molecule has 0 saturated carbocycles. The highest BCUT2D eigenvalue weighted by molar-refractivity contribution is 5.52. The van der Waals surface area contributed by atoms with E-state index in [1.165, 1.54) is 24.9 Å². The van der Waals surface area contributed by atoms with Crippen molar-refractivity contribution >= 4 is 5.69 Å². The van der Waals surface area contributed by atoms with Crippen molar-refractivity contribution in [1.82, 2.24) is 4.98 Å². The second kappa shape index (κ2) is 5.30. The van der Waals surface area contributed by atoms with Gasteiger partial charge in [-0.2, -0.15) is 0 Å². The van der Waals surface area contributed by atoms with Crippen LogP contribution in [-0.2, 0) is 6.54 Å². The molecular formula is C13H21N3. The van der Waals surface area contributed by atoms with Crippen LogP contribution in [0, 0.1) is 5.92 Å². The van der Waals surface area contributed by atoms with Gasteiger partial charge in [0, 0.05) is 43.3 Å². The van der Waals surface area contributed by atoms with Gasteiger partial charge in [-0.1, -0.05) is 13.3 Å². The van der Waals surface area contributed by atoms with Crippen LogP contribution in [-0.4, -0.2) is 18.1 Å². The van der Waals surface area contributed by atoms with Crippen molar-refractivity contribution in [3.63, 3.8) is 0 Å². The molecule has 2 heterocycles. The van der Waals surface area contributed by atoms with Crippen molar-refractivity contribution in [2.75, 3.05) is 18.0 Å². The molecule has 0 aromatic carbocycles. The van der Waals surface area contributed by atoms with Crippen LogP contribution in [0.25, 0.3) is 0 Å². The van der Waals surface area contributed by atoms with Crippen LogP contribution in [0.4, 0.5) is 5.69 Å². The molecule has 88 valence electrons. The molecule has 0 aliphatic carbocycles. The second-order valence-corrected chi connectivity index (χ2v) is 4.55. The quantitative estimate of drug-likeness (QED) is 0.847. The Morgan fingerprint density at radius 2 is 2.19 bits per heavy atom. The fourth-order valence-electron chi connectivity index (χ4n) is 2.47. The van der Waals surface area contributed by atoms with Crippen molar-refractivity contribution in [2.45, 2.75) is 32.7 Å². The number of pyridine rings is 1. The van der Waals surface area contributed by atoms with E-state index in [1.54, 1.807) is 0 Å². The summed E-state index contributed by atoms with van der Waals surface area (Å²) < 4.78 is 0. The Morgan fingerprint density at radius 1 is 1.44 bits per heavy atom. The third-order valence-corrected chi connectivity index (χ3v) is 3.63. The summed E-state index contributed by atoms with van der Waals surface area (Å²) in [6.45, 7) is 5.19. The van der Waals surface area contributed by atoms with Crippen LogP contribution in [0.3, 0.4) is 0 Å². The van der Waals surface area contributed by atoms with Crippen LogP contribution < -0.4 is 10.6 Å². The summed E-state index contributed by atoms with van der Waals surface area (Å²) in [7, 11) is 0. The van der Waals surface area contributed by atoms with Gasteiger partial charge in [0.15, 0.2) is 0 Å². The number of hydrogen-bond acceptors (Lipinski definition) is 3. The fourth-order valence-corrected chi connectivity index (χ4v) is 2.47. The predicted octanol–water partition coefficient (Wildman–Crippen LogP) is 2.17. The van der Waals surface area contributed by atoms with E-state index in [4.69, 9.17) is 5.73 Å². The first-order chi connectivity index (χ1) is 7.85. The Balaban J connectivity index is 2.07. The van der Waals surface area contributed by atoms with Gasteiger partial charge in [-0.25, -0.2) is 0 Å². The van der Waals surface area contributed by atoms with Gasteiger partial charge >= 0.3 is 0 Å². The predicted molar refractivity (Wildman–Crippen MR) is 67.4 cm³/mol. The van der Waals surface area contributed by atoms with E-state index in [2.05, 4.69) is 22.9 Å². The molecule has 0 amide bonds. The number of piperidine rings is 1. The lowest BCUT2D eigenvalue weighted by atomic mass is 9.94. The highest BCUT2D eigenvalue weighted by Crippen LogP contribution is 2.26. The molecule has 0 unspecified atom stereocenters. The standard InChI is InChI=1S/C13H21N3/c1-2-11-4-7-16(8-5-11)13-3-6-15-10-12(13)9-14/h3,6,10-11H,2,4-5,7-9,14H2,1H3. The summed E-state index contributed by atoms with van der Waals surface area (Å²) >= 11 is 0.